The van der Waals surface area contributed by atoms with Crippen LogP contribution in [0.1, 0.15) is 28.4 Å². The Morgan fingerprint density at radius 1 is 0.786 bits per heavy atom. The number of Topliss-reactive ketones (excluding diaryl/α,β-unsaturated/α-hetero) is 1. The third kappa shape index (κ3) is 5.76. The van der Waals surface area contributed by atoms with Gasteiger partial charge >= 0.3 is 0 Å². The Labute approximate surface area is 238 Å². The van der Waals surface area contributed by atoms with Gasteiger partial charge in [-0.05, 0) is 17.7 Å². The highest BCUT2D eigenvalue weighted by Crippen LogP contribution is 2.43. The molecule has 0 radical (unpaired) electrons. The summed E-state index contributed by atoms with van der Waals surface area (Å²) < 4.78 is 28.4. The lowest BCUT2D eigenvalue weighted by Crippen LogP contribution is -2.65. The first-order valence-electron chi connectivity index (χ1n) is 13.1. The minimum absolute atomic E-state index is 0.0241. The summed E-state index contributed by atoms with van der Waals surface area (Å²) in [5.41, 5.74) is 0.490. The van der Waals surface area contributed by atoms with E-state index in [9.17, 15) is 50.8 Å². The maximum absolute atomic E-state index is 12.9. The lowest BCUT2D eigenvalue weighted by molar-refractivity contribution is -0.357. The van der Waals surface area contributed by atoms with Crippen LogP contribution >= 0.6 is 0 Å². The first kappa shape index (κ1) is 30.4. The van der Waals surface area contributed by atoms with Crippen molar-refractivity contribution in [3.05, 3.63) is 47.5 Å². The average molecular weight is 597 g/mol. The third-order valence-electron chi connectivity index (χ3n) is 7.46. The Morgan fingerprint density at radius 3 is 2.05 bits per heavy atom. The van der Waals surface area contributed by atoms with E-state index < -0.39 is 92.3 Å². The highest BCUT2D eigenvalue weighted by Gasteiger charge is 2.51. The van der Waals surface area contributed by atoms with Crippen LogP contribution in [-0.2, 0) is 14.2 Å². The molecule has 15 nitrogen and oxygen atoms in total. The van der Waals surface area contributed by atoms with Crippen LogP contribution in [0.15, 0.2) is 36.4 Å². The minimum atomic E-state index is -1.85. The van der Waals surface area contributed by atoms with Gasteiger partial charge < -0.3 is 69.6 Å². The molecule has 3 aliphatic heterocycles. The van der Waals surface area contributed by atoms with E-state index in [1.165, 1.54) is 18.2 Å². The number of aromatic hydroxyl groups is 2. The standard InChI is InChI=1S/C27H32O15/c28-8-17-20(33)22(35)24(37)26(40-17)42-25-23(36)21(34)18(9-29)41-27(25)38-12-5-13(31)19-14(32)7-15(39-16(19)6-12)10-1-3-11(30)4-2-10/h1-6,15,17-18,20-31,33-37H,7-9H2/t15?,17-,18+,20-,21+,22+,23-,24+,25+,26-,27+/m0/s1. The summed E-state index contributed by atoms with van der Waals surface area (Å²) in [5, 5.41) is 91.2. The molecule has 2 aromatic rings. The largest absolute Gasteiger partial charge is 0.508 e. The topological polar surface area (TPSA) is 245 Å². The number of benzene rings is 2. The molecular weight excluding hydrogens is 564 g/mol. The van der Waals surface area contributed by atoms with Crippen molar-refractivity contribution in [3.8, 4) is 23.0 Å². The van der Waals surface area contributed by atoms with Gasteiger partial charge in [-0.3, -0.25) is 4.79 Å². The van der Waals surface area contributed by atoms with Gasteiger partial charge in [0.25, 0.3) is 0 Å². The van der Waals surface area contributed by atoms with Crippen LogP contribution < -0.4 is 9.47 Å². The normalized spacial score (nSPS) is 36.6. The predicted molar refractivity (Wildman–Crippen MR) is 136 cm³/mol. The zero-order valence-corrected chi connectivity index (χ0v) is 21.9. The number of hydrogen-bond donors (Lipinski definition) is 9. The van der Waals surface area contributed by atoms with Crippen LogP contribution in [0.4, 0.5) is 0 Å². The summed E-state index contributed by atoms with van der Waals surface area (Å²) >= 11 is 0. The summed E-state index contributed by atoms with van der Waals surface area (Å²) in [5.74, 6) is -1.07. The summed E-state index contributed by atoms with van der Waals surface area (Å²) in [7, 11) is 0. The molecule has 0 saturated carbocycles. The van der Waals surface area contributed by atoms with Crippen molar-refractivity contribution in [1.29, 1.82) is 0 Å². The van der Waals surface area contributed by atoms with Gasteiger partial charge in [-0.2, -0.15) is 0 Å². The van der Waals surface area contributed by atoms with E-state index in [-0.39, 0.29) is 29.2 Å². The van der Waals surface area contributed by atoms with Gasteiger partial charge in [0.2, 0.25) is 6.29 Å². The molecule has 0 bridgehead atoms. The molecule has 9 N–H and O–H groups in total. The molecule has 2 saturated heterocycles. The van der Waals surface area contributed by atoms with E-state index in [2.05, 4.69) is 0 Å². The van der Waals surface area contributed by atoms with E-state index in [4.69, 9.17) is 23.7 Å². The predicted octanol–water partition coefficient (Wildman–Crippen LogP) is -2.19. The maximum Gasteiger partial charge on any atom is 0.229 e. The summed E-state index contributed by atoms with van der Waals surface area (Å²) in [6, 6.07) is 8.39. The van der Waals surface area contributed by atoms with Crippen molar-refractivity contribution in [3.63, 3.8) is 0 Å². The summed E-state index contributed by atoms with van der Waals surface area (Å²) in [6.07, 6.45) is -17.4. The Morgan fingerprint density at radius 2 is 1.40 bits per heavy atom. The molecule has 2 fully saturated rings. The molecule has 0 aliphatic carbocycles. The van der Waals surface area contributed by atoms with E-state index in [1.807, 2.05) is 0 Å². The lowest BCUT2D eigenvalue weighted by atomic mass is 9.95. The van der Waals surface area contributed by atoms with Gasteiger partial charge in [0, 0.05) is 12.1 Å². The van der Waals surface area contributed by atoms with Crippen LogP contribution in [0.2, 0.25) is 0 Å². The second-order valence-corrected chi connectivity index (χ2v) is 10.3. The number of fused-ring (bicyclic) bond motifs is 1. The second kappa shape index (κ2) is 12.3. The number of ether oxygens (including phenoxy) is 5. The highest BCUT2D eigenvalue weighted by molar-refractivity contribution is 6.02. The first-order valence-corrected chi connectivity index (χ1v) is 13.1. The van der Waals surface area contributed by atoms with E-state index in [0.29, 0.717) is 5.56 Å². The smallest absolute Gasteiger partial charge is 0.229 e. The number of ketones is 1. The first-order chi connectivity index (χ1) is 20.0. The fraction of sp³-hybridized carbons (Fsp3) is 0.519. The second-order valence-electron chi connectivity index (χ2n) is 10.3. The molecule has 2 aromatic carbocycles. The van der Waals surface area contributed by atoms with Crippen molar-refractivity contribution in [2.45, 2.75) is 73.9 Å². The molecule has 230 valence electrons. The van der Waals surface area contributed by atoms with Crippen molar-refractivity contribution in [2.75, 3.05) is 13.2 Å². The van der Waals surface area contributed by atoms with Gasteiger partial charge in [-0.15, -0.1) is 0 Å². The van der Waals surface area contributed by atoms with Crippen LogP contribution in [-0.4, -0.2) is 126 Å². The van der Waals surface area contributed by atoms with E-state index in [1.54, 1.807) is 12.1 Å². The number of carbonyl (C=O) groups is 1. The minimum Gasteiger partial charge on any atom is -0.508 e. The van der Waals surface area contributed by atoms with Crippen LogP contribution in [0.5, 0.6) is 23.0 Å². The highest BCUT2D eigenvalue weighted by atomic mass is 16.8. The van der Waals surface area contributed by atoms with Crippen molar-refractivity contribution in [2.24, 2.45) is 0 Å². The van der Waals surface area contributed by atoms with Gasteiger partial charge in [0.05, 0.1) is 19.6 Å². The fourth-order valence-electron chi connectivity index (χ4n) is 5.12. The Kier molecular flexibility index (Phi) is 8.86. The summed E-state index contributed by atoms with van der Waals surface area (Å²) in [4.78, 5) is 12.9. The van der Waals surface area contributed by atoms with Crippen molar-refractivity contribution < 1.29 is 74.4 Å². The number of carbonyl (C=O) groups excluding carboxylic acids is 1. The van der Waals surface area contributed by atoms with E-state index in [0.717, 1.165) is 6.07 Å². The SMILES string of the molecule is O=C1CC(c2ccc(O)cc2)Oc2cc(O[C@@H]3O[C@H](CO)[C@@H](O)[C@H](O)[C@H]3O[C@@H]3O[C@@H](CO)[C@H](O)[C@@H](O)[C@H]3O)cc(O)c21. The van der Waals surface area contributed by atoms with Gasteiger partial charge in [-0.25, -0.2) is 0 Å². The monoisotopic (exact) mass is 596 g/mol. The Bertz CT molecular complexity index is 1250. The number of aliphatic hydroxyl groups excluding tert-OH is 7. The number of rotatable bonds is 7. The zero-order valence-electron chi connectivity index (χ0n) is 21.9. The molecule has 0 spiro atoms. The molecule has 42 heavy (non-hydrogen) atoms. The fourth-order valence-corrected chi connectivity index (χ4v) is 5.12. The molecular formula is C27H32O15. The number of phenols is 2. The molecule has 5 rings (SSSR count). The molecule has 0 aromatic heterocycles. The molecule has 3 aliphatic rings. The Balaban J connectivity index is 1.41. The van der Waals surface area contributed by atoms with Gasteiger partial charge in [0.1, 0.15) is 77.4 Å². The van der Waals surface area contributed by atoms with Gasteiger partial charge in [0.15, 0.2) is 18.2 Å². The quantitative estimate of drug-likeness (QED) is 0.165. The van der Waals surface area contributed by atoms with Crippen molar-refractivity contribution >= 4 is 5.78 Å². The van der Waals surface area contributed by atoms with E-state index >= 15 is 0 Å². The number of hydrogen-bond acceptors (Lipinski definition) is 15. The third-order valence-corrected chi connectivity index (χ3v) is 7.46. The molecule has 15 heteroatoms. The molecule has 11 atom stereocenters. The molecule has 1 unspecified atom stereocenters. The van der Waals surface area contributed by atoms with Crippen molar-refractivity contribution in [1.82, 2.24) is 0 Å². The van der Waals surface area contributed by atoms with Crippen LogP contribution in [0, 0.1) is 0 Å². The molecule has 3 heterocycles. The summed E-state index contributed by atoms with van der Waals surface area (Å²) in [6.45, 7) is -1.49. The molecule has 0 amide bonds. The average Bonchev–Trinajstić information content (AvgIpc) is 2.96. The zero-order chi connectivity index (χ0) is 30.3. The maximum atomic E-state index is 12.9. The van der Waals surface area contributed by atoms with Crippen LogP contribution in [0.3, 0.4) is 0 Å². The number of phenolic OH excluding ortho intramolecular Hbond substituents is 2. The van der Waals surface area contributed by atoms with Gasteiger partial charge in [-0.1, -0.05) is 12.1 Å². The Hall–Kier alpha value is -3.09. The van der Waals surface area contributed by atoms with Crippen LogP contribution in [0.25, 0.3) is 0 Å². The number of aliphatic hydroxyl groups is 7. The lowest BCUT2D eigenvalue weighted by Gasteiger charge is -2.45.